The first-order valence-electron chi connectivity index (χ1n) is 2.97. The minimum Gasteiger partial charge on any atom is -0.391 e. The van der Waals surface area contributed by atoms with E-state index in [2.05, 4.69) is 10.3 Å². The summed E-state index contributed by atoms with van der Waals surface area (Å²) in [6.45, 7) is 0. The van der Waals surface area contributed by atoms with Gasteiger partial charge in [0.2, 0.25) is 6.41 Å². The molecule has 0 aromatic carbocycles. The van der Waals surface area contributed by atoms with E-state index in [0.29, 0.717) is 6.41 Å². The van der Waals surface area contributed by atoms with Crippen LogP contribution in [0.1, 0.15) is 0 Å². The van der Waals surface area contributed by atoms with Gasteiger partial charge in [0.25, 0.3) is 5.56 Å². The molecule has 5 N–H and O–H groups in total. The van der Waals surface area contributed by atoms with E-state index in [4.69, 9.17) is 5.73 Å². The normalized spacial score (nSPS) is 9.33. The molecule has 1 aromatic rings. The molecule has 0 fully saturated rings. The highest BCUT2D eigenvalue weighted by molar-refractivity contribution is 5.75. The van der Waals surface area contributed by atoms with Crippen molar-refractivity contribution in [3.05, 3.63) is 20.8 Å². The summed E-state index contributed by atoms with van der Waals surface area (Å²) in [5.74, 6) is -0.0984. The van der Waals surface area contributed by atoms with E-state index >= 15 is 0 Å². The Morgan fingerprint density at radius 3 is 2.58 bits per heavy atom. The lowest BCUT2D eigenvalue weighted by molar-refractivity contribution is -0.105. The zero-order chi connectivity index (χ0) is 9.14. The molecule has 0 radical (unpaired) electrons. The molecule has 0 bridgehead atoms. The summed E-state index contributed by atoms with van der Waals surface area (Å²) >= 11 is 0. The zero-order valence-electron chi connectivity index (χ0n) is 5.88. The Labute approximate surface area is 65.6 Å². The number of nitrogen functional groups attached to an aromatic ring is 1. The van der Waals surface area contributed by atoms with Crippen LogP contribution in [0.4, 0.5) is 11.5 Å². The van der Waals surface area contributed by atoms with Gasteiger partial charge in [0.05, 0.1) is 0 Å². The van der Waals surface area contributed by atoms with Crippen molar-refractivity contribution in [2.24, 2.45) is 0 Å². The van der Waals surface area contributed by atoms with Crippen LogP contribution in [-0.2, 0) is 4.79 Å². The molecule has 0 saturated carbocycles. The summed E-state index contributed by atoms with van der Waals surface area (Å²) in [6.07, 6.45) is 0.307. The third-order valence-electron chi connectivity index (χ3n) is 1.18. The molecule has 0 atom stereocenters. The molecule has 0 unspecified atom stereocenters. The van der Waals surface area contributed by atoms with Crippen LogP contribution in [0.5, 0.6) is 0 Å². The number of carbonyl (C=O) groups excluding carboxylic acids is 1. The van der Waals surface area contributed by atoms with Crippen molar-refractivity contribution in [1.29, 1.82) is 0 Å². The van der Waals surface area contributed by atoms with Crippen molar-refractivity contribution in [2.75, 3.05) is 11.1 Å². The SMILES string of the molecule is Nc1c(NC=O)[nH]c(=O)[nH]c1=O. The molecular formula is C5H6N4O3. The second-order valence-corrected chi connectivity index (χ2v) is 1.96. The summed E-state index contributed by atoms with van der Waals surface area (Å²) in [7, 11) is 0. The van der Waals surface area contributed by atoms with Gasteiger partial charge in [-0.1, -0.05) is 0 Å². The molecule has 1 rings (SSSR count). The van der Waals surface area contributed by atoms with Gasteiger partial charge in [-0.15, -0.1) is 0 Å². The first-order valence-corrected chi connectivity index (χ1v) is 2.97. The smallest absolute Gasteiger partial charge is 0.327 e. The van der Waals surface area contributed by atoms with Crippen LogP contribution in [0.15, 0.2) is 9.59 Å². The number of anilines is 2. The van der Waals surface area contributed by atoms with E-state index in [0.717, 1.165) is 0 Å². The van der Waals surface area contributed by atoms with Crippen molar-refractivity contribution in [1.82, 2.24) is 9.97 Å². The minimum absolute atomic E-state index is 0.0984. The lowest BCUT2D eigenvalue weighted by atomic mass is 10.5. The Balaban J connectivity index is 3.37. The summed E-state index contributed by atoms with van der Waals surface area (Å²) in [5, 5.41) is 2.08. The van der Waals surface area contributed by atoms with E-state index in [-0.39, 0.29) is 11.5 Å². The number of nitrogens with two attached hydrogens (primary N) is 1. The van der Waals surface area contributed by atoms with Gasteiger partial charge in [-0.3, -0.25) is 19.6 Å². The van der Waals surface area contributed by atoms with Gasteiger partial charge in [0.15, 0.2) is 0 Å². The minimum atomic E-state index is -0.733. The maximum Gasteiger partial charge on any atom is 0.327 e. The van der Waals surface area contributed by atoms with Crippen molar-refractivity contribution in [2.45, 2.75) is 0 Å². The van der Waals surface area contributed by atoms with Gasteiger partial charge < -0.3 is 11.1 Å². The Kier molecular flexibility index (Phi) is 1.95. The molecule has 12 heavy (non-hydrogen) atoms. The molecule has 1 aromatic heterocycles. The van der Waals surface area contributed by atoms with E-state index in [1.807, 2.05) is 4.98 Å². The van der Waals surface area contributed by atoms with Gasteiger partial charge in [0.1, 0.15) is 11.5 Å². The van der Waals surface area contributed by atoms with Crippen LogP contribution < -0.4 is 22.3 Å². The fourth-order valence-electron chi connectivity index (χ4n) is 0.669. The van der Waals surface area contributed by atoms with Crippen molar-refractivity contribution in [3.8, 4) is 0 Å². The van der Waals surface area contributed by atoms with Crippen molar-refractivity contribution >= 4 is 17.9 Å². The van der Waals surface area contributed by atoms with Crippen molar-refractivity contribution in [3.63, 3.8) is 0 Å². The maximum absolute atomic E-state index is 10.8. The molecule has 0 aliphatic rings. The number of aromatic nitrogens is 2. The average molecular weight is 170 g/mol. The predicted octanol–water partition coefficient (Wildman–Crippen LogP) is -1.79. The number of amides is 1. The quantitative estimate of drug-likeness (QED) is 0.392. The number of aromatic amines is 2. The van der Waals surface area contributed by atoms with E-state index < -0.39 is 11.2 Å². The Bertz CT molecular complexity index is 404. The number of carbonyl (C=O) groups is 1. The monoisotopic (exact) mass is 170 g/mol. The summed E-state index contributed by atoms with van der Waals surface area (Å²) in [4.78, 5) is 35.4. The highest BCUT2D eigenvalue weighted by Crippen LogP contribution is 2.02. The van der Waals surface area contributed by atoms with Crippen molar-refractivity contribution < 1.29 is 4.79 Å². The molecule has 7 nitrogen and oxygen atoms in total. The third-order valence-corrected chi connectivity index (χ3v) is 1.18. The molecule has 0 spiro atoms. The van der Waals surface area contributed by atoms with Crippen LogP contribution in [0, 0.1) is 0 Å². The number of nitrogens with one attached hydrogen (secondary N) is 3. The zero-order valence-corrected chi connectivity index (χ0v) is 5.88. The Hall–Kier alpha value is -2.05. The van der Waals surface area contributed by atoms with Crippen LogP contribution in [0.2, 0.25) is 0 Å². The first-order chi connectivity index (χ1) is 5.65. The van der Waals surface area contributed by atoms with Crippen LogP contribution in [-0.4, -0.2) is 16.4 Å². The van der Waals surface area contributed by atoms with Crippen LogP contribution in [0.3, 0.4) is 0 Å². The molecule has 7 heteroatoms. The second-order valence-electron chi connectivity index (χ2n) is 1.96. The van der Waals surface area contributed by atoms with E-state index in [1.54, 1.807) is 0 Å². The fourth-order valence-corrected chi connectivity index (χ4v) is 0.669. The van der Waals surface area contributed by atoms with Gasteiger partial charge in [-0.05, 0) is 0 Å². The molecule has 0 aliphatic carbocycles. The molecule has 0 aliphatic heterocycles. The van der Waals surface area contributed by atoms with E-state index in [9.17, 15) is 14.4 Å². The third kappa shape index (κ3) is 1.34. The van der Waals surface area contributed by atoms with Gasteiger partial charge in [-0.2, -0.15) is 0 Å². The number of H-pyrrole nitrogens is 2. The van der Waals surface area contributed by atoms with Gasteiger partial charge in [-0.25, -0.2) is 4.79 Å². The standard InChI is InChI=1S/C5H6N4O3/c6-2-3(7-1-10)8-5(12)9-4(2)11/h1H,6H2,(H3,7,8,9,10,11,12). The highest BCUT2D eigenvalue weighted by atomic mass is 16.2. The number of hydrogen-bond donors (Lipinski definition) is 4. The average Bonchev–Trinajstić information content (AvgIpc) is 2.00. The highest BCUT2D eigenvalue weighted by Gasteiger charge is 2.02. The summed E-state index contributed by atoms with van der Waals surface area (Å²) in [5.41, 5.74) is 3.51. The lowest BCUT2D eigenvalue weighted by Crippen LogP contribution is -2.26. The lowest BCUT2D eigenvalue weighted by Gasteiger charge is -1.99. The first kappa shape index (κ1) is 8.05. The summed E-state index contributed by atoms with van der Waals surface area (Å²) < 4.78 is 0. The molecule has 64 valence electrons. The maximum atomic E-state index is 10.8. The Morgan fingerprint density at radius 1 is 1.33 bits per heavy atom. The Morgan fingerprint density at radius 2 is 2.00 bits per heavy atom. The van der Waals surface area contributed by atoms with Crippen LogP contribution >= 0.6 is 0 Å². The van der Waals surface area contributed by atoms with Gasteiger partial charge >= 0.3 is 5.69 Å². The number of rotatable bonds is 2. The molecule has 1 heterocycles. The second kappa shape index (κ2) is 2.91. The summed E-state index contributed by atoms with van der Waals surface area (Å²) in [6, 6.07) is 0. The molecule has 1 amide bonds. The molecule has 0 saturated heterocycles. The van der Waals surface area contributed by atoms with E-state index in [1.165, 1.54) is 0 Å². The predicted molar refractivity (Wildman–Crippen MR) is 41.8 cm³/mol. The number of hydrogen-bond acceptors (Lipinski definition) is 4. The fraction of sp³-hybridized carbons (Fsp3) is 0. The van der Waals surface area contributed by atoms with Crippen LogP contribution in [0.25, 0.3) is 0 Å². The topological polar surface area (TPSA) is 121 Å². The molecular weight excluding hydrogens is 164 g/mol. The largest absolute Gasteiger partial charge is 0.391 e. The van der Waals surface area contributed by atoms with Gasteiger partial charge in [0, 0.05) is 0 Å².